The maximum absolute atomic E-state index is 12.0. The number of nitrogens with two attached hydrogens (primary N) is 1. The Hall–Kier alpha value is -3.21. The second-order valence-electron chi connectivity index (χ2n) is 5.28. The van der Waals surface area contributed by atoms with Crippen LogP contribution in [0.25, 0.3) is 6.08 Å². The number of carbonyl (C=O) groups excluding carboxylic acids is 2. The van der Waals surface area contributed by atoms with Gasteiger partial charge in [-0.15, -0.1) is 0 Å². The van der Waals surface area contributed by atoms with Crippen molar-refractivity contribution in [3.8, 4) is 23.3 Å². The maximum Gasteiger partial charge on any atom is 0.349 e. The topological polar surface area (TPSA) is 112 Å². The van der Waals surface area contributed by atoms with E-state index in [2.05, 4.69) is 0 Å². The number of hydrogen-bond acceptors (Lipinski definition) is 6. The van der Waals surface area contributed by atoms with Gasteiger partial charge in [-0.1, -0.05) is 29.3 Å². The Balaban J connectivity index is 2.09. The molecule has 2 N–H and O–H groups in total. The number of methoxy groups -OCH3 is 1. The third-order valence-electron chi connectivity index (χ3n) is 3.35. The van der Waals surface area contributed by atoms with Crippen molar-refractivity contribution in [2.45, 2.75) is 0 Å². The predicted molar refractivity (Wildman–Crippen MR) is 103 cm³/mol. The molecule has 2 rings (SSSR count). The van der Waals surface area contributed by atoms with Crippen LogP contribution in [0.4, 0.5) is 0 Å². The van der Waals surface area contributed by atoms with Gasteiger partial charge in [0.1, 0.15) is 17.4 Å². The minimum Gasteiger partial charge on any atom is -0.493 e. The molecule has 0 fully saturated rings. The van der Waals surface area contributed by atoms with Crippen molar-refractivity contribution in [3.05, 3.63) is 57.6 Å². The summed E-state index contributed by atoms with van der Waals surface area (Å²) in [7, 11) is 1.38. The Kier molecular flexibility index (Phi) is 7.27. The van der Waals surface area contributed by atoms with E-state index >= 15 is 0 Å². The molecule has 28 heavy (non-hydrogen) atoms. The standard InChI is InChI=1S/C19H14Cl2N2O5/c1-26-17-7-11(6-12(9-22)19(23)25)2-4-16(17)28-18(24)10-27-15-5-3-13(20)8-14(15)21/h2-8H,10H2,1H3,(H2,23,25)/b12-6+. The zero-order chi connectivity index (χ0) is 20.7. The lowest BCUT2D eigenvalue weighted by atomic mass is 10.1. The van der Waals surface area contributed by atoms with Crippen LogP contribution in [0.3, 0.4) is 0 Å². The number of ether oxygens (including phenoxy) is 3. The highest BCUT2D eigenvalue weighted by atomic mass is 35.5. The lowest BCUT2D eigenvalue weighted by Crippen LogP contribution is -2.18. The third-order valence-corrected chi connectivity index (χ3v) is 3.88. The highest BCUT2D eigenvalue weighted by molar-refractivity contribution is 6.35. The molecule has 0 radical (unpaired) electrons. The average Bonchev–Trinajstić information content (AvgIpc) is 2.66. The Bertz CT molecular complexity index is 983. The SMILES string of the molecule is COc1cc(/C=C(\C#N)C(N)=O)ccc1OC(=O)COc1ccc(Cl)cc1Cl. The molecular formula is C19H14Cl2N2O5. The van der Waals surface area contributed by atoms with Crippen LogP contribution < -0.4 is 19.9 Å². The molecule has 0 spiro atoms. The number of esters is 1. The Morgan fingerprint density at radius 2 is 1.86 bits per heavy atom. The first-order valence-corrected chi connectivity index (χ1v) is 8.47. The molecule has 0 aromatic heterocycles. The van der Waals surface area contributed by atoms with Crippen molar-refractivity contribution in [3.63, 3.8) is 0 Å². The molecule has 0 unspecified atom stereocenters. The number of hydrogen-bond donors (Lipinski definition) is 1. The summed E-state index contributed by atoms with van der Waals surface area (Å²) >= 11 is 11.8. The van der Waals surface area contributed by atoms with Gasteiger partial charge in [-0.2, -0.15) is 5.26 Å². The molecular weight excluding hydrogens is 407 g/mol. The maximum atomic E-state index is 12.0. The van der Waals surface area contributed by atoms with Crippen LogP contribution in [-0.2, 0) is 9.59 Å². The first kappa shape index (κ1) is 21.1. The first-order chi connectivity index (χ1) is 13.3. The van der Waals surface area contributed by atoms with Crippen molar-refractivity contribution in [1.82, 2.24) is 0 Å². The van der Waals surface area contributed by atoms with Gasteiger partial charge in [0.15, 0.2) is 18.1 Å². The van der Waals surface area contributed by atoms with E-state index in [1.54, 1.807) is 12.1 Å². The van der Waals surface area contributed by atoms with Crippen molar-refractivity contribution >= 4 is 41.2 Å². The molecule has 0 saturated carbocycles. The number of amides is 1. The lowest BCUT2D eigenvalue weighted by Gasteiger charge is -2.11. The van der Waals surface area contributed by atoms with Crippen molar-refractivity contribution in [2.75, 3.05) is 13.7 Å². The summed E-state index contributed by atoms with van der Waals surface area (Å²) in [6, 6.07) is 10.8. The molecule has 2 aromatic rings. The Labute approximate surface area is 170 Å². The molecule has 0 aliphatic heterocycles. The zero-order valence-electron chi connectivity index (χ0n) is 14.6. The average molecular weight is 421 g/mol. The second-order valence-corrected chi connectivity index (χ2v) is 6.13. The van der Waals surface area contributed by atoms with Gasteiger partial charge in [-0.05, 0) is 42.0 Å². The fourth-order valence-corrected chi connectivity index (χ4v) is 2.53. The van der Waals surface area contributed by atoms with E-state index in [0.29, 0.717) is 10.6 Å². The molecule has 9 heteroatoms. The van der Waals surface area contributed by atoms with Gasteiger partial charge in [0.2, 0.25) is 0 Å². The number of primary amides is 1. The van der Waals surface area contributed by atoms with Gasteiger partial charge in [-0.25, -0.2) is 4.79 Å². The van der Waals surface area contributed by atoms with Gasteiger partial charge in [0.25, 0.3) is 5.91 Å². The highest BCUT2D eigenvalue weighted by Crippen LogP contribution is 2.30. The normalized spacial score (nSPS) is 10.7. The summed E-state index contributed by atoms with van der Waals surface area (Å²) in [6.07, 6.45) is 1.29. The van der Waals surface area contributed by atoms with Gasteiger partial charge in [-0.3, -0.25) is 4.79 Å². The van der Waals surface area contributed by atoms with Crippen molar-refractivity contribution in [2.24, 2.45) is 5.73 Å². The van der Waals surface area contributed by atoms with E-state index in [0.717, 1.165) is 0 Å². The molecule has 1 amide bonds. The van der Waals surface area contributed by atoms with Crippen molar-refractivity contribution in [1.29, 1.82) is 5.26 Å². The smallest absolute Gasteiger partial charge is 0.349 e. The summed E-state index contributed by atoms with van der Waals surface area (Å²) in [5, 5.41) is 9.60. The monoisotopic (exact) mass is 420 g/mol. The van der Waals surface area contributed by atoms with Crippen LogP contribution in [0.5, 0.6) is 17.2 Å². The van der Waals surface area contributed by atoms with Crippen LogP contribution in [0.15, 0.2) is 42.0 Å². The number of halogens is 2. The van der Waals surface area contributed by atoms with Crippen molar-refractivity contribution < 1.29 is 23.8 Å². The molecule has 144 valence electrons. The Morgan fingerprint density at radius 1 is 1.14 bits per heavy atom. The third kappa shape index (κ3) is 5.64. The van der Waals surface area contributed by atoms with E-state index in [9.17, 15) is 9.59 Å². The molecule has 7 nitrogen and oxygen atoms in total. The summed E-state index contributed by atoms with van der Waals surface area (Å²) < 4.78 is 15.7. The Morgan fingerprint density at radius 3 is 2.46 bits per heavy atom. The minimum atomic E-state index is -0.852. The van der Waals surface area contributed by atoms with Crippen LogP contribution in [0.2, 0.25) is 10.0 Å². The molecule has 0 heterocycles. The predicted octanol–water partition coefficient (Wildman–Crippen LogP) is 3.38. The van der Waals surface area contributed by atoms with E-state index in [4.69, 9.17) is 48.4 Å². The largest absolute Gasteiger partial charge is 0.493 e. The summed E-state index contributed by atoms with van der Waals surface area (Å²) in [4.78, 5) is 23.2. The quantitative estimate of drug-likeness (QED) is 0.318. The van der Waals surface area contributed by atoms with Crippen LogP contribution in [-0.4, -0.2) is 25.6 Å². The number of carbonyl (C=O) groups is 2. The number of nitriles is 1. The van der Waals surface area contributed by atoms with Gasteiger partial charge in [0.05, 0.1) is 12.1 Å². The lowest BCUT2D eigenvalue weighted by molar-refractivity contribution is -0.136. The molecule has 0 saturated heterocycles. The van der Waals surface area contributed by atoms with Gasteiger partial charge >= 0.3 is 5.97 Å². The minimum absolute atomic E-state index is 0.132. The van der Waals surface area contributed by atoms with Gasteiger partial charge in [0, 0.05) is 5.02 Å². The van der Waals surface area contributed by atoms with Crippen LogP contribution in [0, 0.1) is 11.3 Å². The second kappa shape index (κ2) is 9.65. The van der Waals surface area contributed by atoms with Crippen LogP contribution in [0.1, 0.15) is 5.56 Å². The first-order valence-electron chi connectivity index (χ1n) is 7.72. The van der Waals surface area contributed by atoms with Gasteiger partial charge < -0.3 is 19.9 Å². The van der Waals surface area contributed by atoms with E-state index in [1.807, 2.05) is 0 Å². The molecule has 0 aliphatic rings. The highest BCUT2D eigenvalue weighted by Gasteiger charge is 2.13. The fraction of sp³-hybridized carbons (Fsp3) is 0.105. The summed E-state index contributed by atoms with van der Waals surface area (Å²) in [5.41, 5.74) is 5.35. The van der Waals surface area contributed by atoms with E-state index < -0.39 is 18.5 Å². The molecule has 0 atom stereocenters. The molecule has 0 bridgehead atoms. The summed E-state index contributed by atoms with van der Waals surface area (Å²) in [5.74, 6) is -0.912. The van der Waals surface area contributed by atoms with E-state index in [-0.39, 0.29) is 27.8 Å². The summed E-state index contributed by atoms with van der Waals surface area (Å²) in [6.45, 7) is -0.396. The van der Waals surface area contributed by atoms with Crippen LogP contribution >= 0.6 is 23.2 Å². The number of benzene rings is 2. The number of rotatable bonds is 7. The van der Waals surface area contributed by atoms with E-state index in [1.165, 1.54) is 43.5 Å². The fourth-order valence-electron chi connectivity index (χ4n) is 2.06. The molecule has 2 aromatic carbocycles. The zero-order valence-corrected chi connectivity index (χ0v) is 16.1. The number of nitrogens with zero attached hydrogens (tertiary/aromatic N) is 1. The molecule has 0 aliphatic carbocycles.